The summed E-state index contributed by atoms with van der Waals surface area (Å²) in [6.45, 7) is 0.760. The molecule has 1 heterocycles. The molecule has 0 amide bonds. The minimum Gasteiger partial charge on any atom is -0.310 e. The first-order chi connectivity index (χ1) is 8.74. The largest absolute Gasteiger partial charge is 0.348 e. The number of aromatic amines is 2. The molecular weight excluding hydrogens is 232 g/mol. The van der Waals surface area contributed by atoms with E-state index >= 15 is 0 Å². The van der Waals surface area contributed by atoms with Gasteiger partial charge in [-0.1, -0.05) is 12.1 Å². The molecular formula is C12H14N4O2. The molecule has 0 aliphatic heterocycles. The Morgan fingerprint density at radius 1 is 1.22 bits per heavy atom. The van der Waals surface area contributed by atoms with Gasteiger partial charge >= 0.3 is 11.4 Å². The zero-order valence-corrected chi connectivity index (χ0v) is 9.77. The number of benzene rings is 1. The van der Waals surface area contributed by atoms with Gasteiger partial charge in [0.1, 0.15) is 0 Å². The van der Waals surface area contributed by atoms with Crippen LogP contribution < -0.4 is 16.7 Å². The molecule has 1 aliphatic carbocycles. The van der Waals surface area contributed by atoms with Crippen molar-refractivity contribution in [2.24, 2.45) is 0 Å². The lowest BCUT2D eigenvalue weighted by molar-refractivity contribution is 0.687. The normalized spacial score (nSPS) is 14.9. The summed E-state index contributed by atoms with van der Waals surface area (Å²) in [4.78, 5) is 23.0. The van der Waals surface area contributed by atoms with Crippen LogP contribution in [0.15, 0.2) is 33.9 Å². The lowest BCUT2D eigenvalue weighted by Gasteiger charge is -2.05. The third-order valence-corrected chi connectivity index (χ3v) is 3.02. The number of aromatic nitrogens is 3. The Labute approximate surface area is 103 Å². The van der Waals surface area contributed by atoms with E-state index in [1.165, 1.54) is 12.8 Å². The lowest BCUT2D eigenvalue weighted by atomic mass is 10.2. The van der Waals surface area contributed by atoms with Gasteiger partial charge in [-0.05, 0) is 30.5 Å². The van der Waals surface area contributed by atoms with Gasteiger partial charge in [0.2, 0.25) is 0 Å². The minimum atomic E-state index is -0.452. The standard InChI is InChI=1S/C12H14N4O2/c17-11-14-15-12(18)16(11)10-3-1-2-8(6-10)7-13-9-4-5-9/h1-3,6,9,13H,4-5,7H2,(H,14,17)(H,15,18). The van der Waals surface area contributed by atoms with Crippen LogP contribution in [0.5, 0.6) is 0 Å². The molecule has 94 valence electrons. The number of nitrogens with one attached hydrogen (secondary N) is 3. The topological polar surface area (TPSA) is 82.7 Å². The van der Waals surface area contributed by atoms with E-state index < -0.39 is 11.4 Å². The number of hydrogen-bond donors (Lipinski definition) is 3. The Morgan fingerprint density at radius 3 is 2.61 bits per heavy atom. The van der Waals surface area contributed by atoms with Gasteiger partial charge in [-0.25, -0.2) is 24.4 Å². The smallest absolute Gasteiger partial charge is 0.310 e. The summed E-state index contributed by atoms with van der Waals surface area (Å²) in [5.74, 6) is 0. The van der Waals surface area contributed by atoms with Crippen LogP contribution in [0.3, 0.4) is 0 Å². The van der Waals surface area contributed by atoms with Gasteiger partial charge in [-0.15, -0.1) is 0 Å². The predicted octanol–water partition coefficient (Wildman–Crippen LogP) is 0.106. The molecule has 6 nitrogen and oxygen atoms in total. The molecule has 0 spiro atoms. The summed E-state index contributed by atoms with van der Waals surface area (Å²) < 4.78 is 1.08. The van der Waals surface area contributed by atoms with E-state index in [4.69, 9.17) is 0 Å². The van der Waals surface area contributed by atoms with Crippen molar-refractivity contribution in [1.29, 1.82) is 0 Å². The third kappa shape index (κ3) is 2.14. The Morgan fingerprint density at radius 2 is 1.94 bits per heavy atom. The molecule has 0 atom stereocenters. The van der Waals surface area contributed by atoms with Crippen molar-refractivity contribution in [2.75, 3.05) is 0 Å². The molecule has 0 radical (unpaired) electrons. The first-order valence-corrected chi connectivity index (χ1v) is 5.96. The monoisotopic (exact) mass is 246 g/mol. The van der Waals surface area contributed by atoms with Crippen molar-refractivity contribution >= 4 is 0 Å². The van der Waals surface area contributed by atoms with Gasteiger partial charge in [0.15, 0.2) is 0 Å². The fraction of sp³-hybridized carbons (Fsp3) is 0.333. The van der Waals surface area contributed by atoms with Crippen molar-refractivity contribution in [3.8, 4) is 5.69 Å². The number of rotatable bonds is 4. The average molecular weight is 246 g/mol. The number of H-pyrrole nitrogens is 2. The van der Waals surface area contributed by atoms with Crippen molar-refractivity contribution in [2.45, 2.75) is 25.4 Å². The second kappa shape index (κ2) is 4.30. The Bertz CT molecular complexity index is 635. The van der Waals surface area contributed by atoms with Crippen molar-refractivity contribution in [1.82, 2.24) is 20.1 Å². The molecule has 3 rings (SSSR count). The second-order valence-corrected chi connectivity index (χ2v) is 4.52. The van der Waals surface area contributed by atoms with Crippen LogP contribution in [-0.4, -0.2) is 20.8 Å². The summed E-state index contributed by atoms with van der Waals surface area (Å²) in [7, 11) is 0. The maximum Gasteiger partial charge on any atom is 0.348 e. The van der Waals surface area contributed by atoms with E-state index in [0.29, 0.717) is 11.7 Å². The van der Waals surface area contributed by atoms with Gasteiger partial charge in [0.05, 0.1) is 5.69 Å². The molecule has 0 saturated heterocycles. The van der Waals surface area contributed by atoms with Crippen LogP contribution >= 0.6 is 0 Å². The quantitative estimate of drug-likeness (QED) is 0.716. The SMILES string of the molecule is O=c1[nH][nH]c(=O)n1-c1cccc(CNC2CC2)c1. The van der Waals surface area contributed by atoms with Gasteiger partial charge in [0.25, 0.3) is 0 Å². The zero-order valence-electron chi connectivity index (χ0n) is 9.77. The van der Waals surface area contributed by atoms with Gasteiger partial charge in [-0.2, -0.15) is 0 Å². The van der Waals surface area contributed by atoms with Crippen LogP contribution in [0.1, 0.15) is 18.4 Å². The summed E-state index contributed by atoms with van der Waals surface area (Å²) >= 11 is 0. The van der Waals surface area contributed by atoms with Gasteiger partial charge < -0.3 is 5.32 Å². The fourth-order valence-corrected chi connectivity index (χ4v) is 1.90. The minimum absolute atomic E-state index is 0.452. The van der Waals surface area contributed by atoms with Gasteiger partial charge in [0, 0.05) is 12.6 Å². The highest BCUT2D eigenvalue weighted by Gasteiger charge is 2.19. The highest BCUT2D eigenvalue weighted by Crippen LogP contribution is 2.19. The second-order valence-electron chi connectivity index (χ2n) is 4.52. The van der Waals surface area contributed by atoms with Crippen molar-refractivity contribution in [3.05, 3.63) is 50.8 Å². The highest BCUT2D eigenvalue weighted by molar-refractivity contribution is 5.35. The summed E-state index contributed by atoms with van der Waals surface area (Å²) in [6, 6.07) is 8.04. The summed E-state index contributed by atoms with van der Waals surface area (Å²) in [5, 5.41) is 7.93. The number of hydrogen-bond acceptors (Lipinski definition) is 3. The third-order valence-electron chi connectivity index (χ3n) is 3.02. The molecule has 1 aromatic carbocycles. The molecule has 0 unspecified atom stereocenters. The molecule has 1 saturated carbocycles. The molecule has 6 heteroatoms. The zero-order chi connectivity index (χ0) is 12.5. The van der Waals surface area contributed by atoms with Crippen LogP contribution in [0.25, 0.3) is 5.69 Å². The average Bonchev–Trinajstić information content (AvgIpc) is 3.13. The van der Waals surface area contributed by atoms with Crippen LogP contribution in [0, 0.1) is 0 Å². The van der Waals surface area contributed by atoms with Crippen molar-refractivity contribution in [3.63, 3.8) is 0 Å². The van der Waals surface area contributed by atoms with E-state index in [1.807, 2.05) is 18.2 Å². The fourth-order valence-electron chi connectivity index (χ4n) is 1.90. The molecule has 2 aromatic rings. The molecule has 1 aliphatic rings. The Balaban J connectivity index is 1.90. The van der Waals surface area contributed by atoms with E-state index in [2.05, 4.69) is 15.5 Å². The number of nitrogens with zero attached hydrogens (tertiary/aromatic N) is 1. The first kappa shape index (κ1) is 11.0. The van der Waals surface area contributed by atoms with Crippen molar-refractivity contribution < 1.29 is 0 Å². The molecule has 3 N–H and O–H groups in total. The van der Waals surface area contributed by atoms with E-state index in [1.54, 1.807) is 6.07 Å². The molecule has 0 bridgehead atoms. The molecule has 1 fully saturated rings. The van der Waals surface area contributed by atoms with E-state index in [9.17, 15) is 9.59 Å². The first-order valence-electron chi connectivity index (χ1n) is 5.96. The maximum atomic E-state index is 11.5. The van der Waals surface area contributed by atoms with Crippen LogP contribution in [0.2, 0.25) is 0 Å². The predicted molar refractivity (Wildman–Crippen MR) is 66.9 cm³/mol. The highest BCUT2D eigenvalue weighted by atomic mass is 16.2. The summed E-state index contributed by atoms with van der Waals surface area (Å²) in [5.41, 5.74) is 0.740. The van der Waals surface area contributed by atoms with Gasteiger partial charge in [-0.3, -0.25) is 0 Å². The summed E-state index contributed by atoms with van der Waals surface area (Å²) in [6.07, 6.45) is 2.47. The van der Waals surface area contributed by atoms with E-state index in [0.717, 1.165) is 16.7 Å². The molecule has 18 heavy (non-hydrogen) atoms. The Kier molecular flexibility index (Phi) is 2.64. The lowest BCUT2D eigenvalue weighted by Crippen LogP contribution is -2.24. The van der Waals surface area contributed by atoms with Crippen LogP contribution in [-0.2, 0) is 6.54 Å². The van der Waals surface area contributed by atoms with Crippen LogP contribution in [0.4, 0.5) is 0 Å². The Hall–Kier alpha value is -2.08. The maximum absolute atomic E-state index is 11.5. The molecule has 1 aromatic heterocycles. The van der Waals surface area contributed by atoms with E-state index in [-0.39, 0.29) is 0 Å².